The quantitative estimate of drug-likeness (QED) is 0.848. The molecule has 1 N–H and O–H groups in total. The molecule has 5 nitrogen and oxygen atoms in total. The van der Waals surface area contributed by atoms with Crippen molar-refractivity contribution in [2.45, 2.75) is 38.6 Å². The van der Waals surface area contributed by atoms with Crippen molar-refractivity contribution in [2.24, 2.45) is 0 Å². The van der Waals surface area contributed by atoms with Crippen LogP contribution in [0.25, 0.3) is 0 Å². The lowest BCUT2D eigenvalue weighted by molar-refractivity contribution is 0.362. The molecule has 0 fully saturated rings. The van der Waals surface area contributed by atoms with E-state index >= 15 is 0 Å². The average molecular weight is 326 g/mol. The van der Waals surface area contributed by atoms with Crippen molar-refractivity contribution in [3.05, 3.63) is 41.5 Å². The first-order chi connectivity index (χ1) is 10.1. The highest BCUT2D eigenvalue weighted by molar-refractivity contribution is 5.85. The second-order valence-electron chi connectivity index (χ2n) is 5.35. The van der Waals surface area contributed by atoms with Crippen molar-refractivity contribution in [1.82, 2.24) is 15.5 Å². The number of likely N-dealkylation sites (N-methyl/N-ethyl adjacent to an activating group) is 1. The number of benzene rings is 1. The van der Waals surface area contributed by atoms with E-state index in [9.17, 15) is 0 Å². The summed E-state index contributed by atoms with van der Waals surface area (Å²) in [6.45, 7) is 4.23. The van der Waals surface area contributed by atoms with Crippen molar-refractivity contribution in [1.29, 1.82) is 0 Å². The van der Waals surface area contributed by atoms with Gasteiger partial charge in [-0.3, -0.25) is 0 Å². The summed E-state index contributed by atoms with van der Waals surface area (Å²) in [5.74, 6) is 2.58. The Hall–Kier alpha value is -1.59. The second-order valence-corrected chi connectivity index (χ2v) is 5.35. The van der Waals surface area contributed by atoms with Crippen LogP contribution in [0.2, 0.25) is 0 Å². The molecule has 0 radical (unpaired) electrons. The van der Waals surface area contributed by atoms with E-state index in [-0.39, 0.29) is 18.3 Å². The van der Waals surface area contributed by atoms with Crippen LogP contribution in [0.4, 0.5) is 0 Å². The topological polar surface area (TPSA) is 60.2 Å². The predicted octanol–water partition coefficient (Wildman–Crippen LogP) is 3.00. The van der Waals surface area contributed by atoms with E-state index < -0.39 is 0 Å². The molecule has 0 aliphatic rings. The number of para-hydroxylation sites is 1. The summed E-state index contributed by atoms with van der Waals surface area (Å²) in [6.07, 6.45) is 1.48. The van der Waals surface area contributed by atoms with Crippen LogP contribution in [0.3, 0.4) is 0 Å². The Morgan fingerprint density at radius 3 is 2.64 bits per heavy atom. The normalized spacial score (nSPS) is 13.3. The monoisotopic (exact) mass is 325 g/mol. The highest BCUT2D eigenvalue weighted by Crippen LogP contribution is 2.28. The molecular weight excluding hydrogens is 302 g/mol. The first kappa shape index (κ1) is 18.5. The third-order valence-corrected chi connectivity index (χ3v) is 3.64. The van der Waals surface area contributed by atoms with Gasteiger partial charge in [0.25, 0.3) is 0 Å². The zero-order valence-corrected chi connectivity index (χ0v) is 14.3. The molecular formula is C16H24ClN3O2. The first-order valence-corrected chi connectivity index (χ1v) is 7.25. The largest absolute Gasteiger partial charge is 0.496 e. The van der Waals surface area contributed by atoms with Gasteiger partial charge in [0, 0.05) is 18.9 Å². The van der Waals surface area contributed by atoms with Crippen LogP contribution < -0.4 is 10.1 Å². The maximum absolute atomic E-state index is 5.40. The summed E-state index contributed by atoms with van der Waals surface area (Å²) in [7, 11) is 3.62. The Kier molecular flexibility index (Phi) is 7.35. The molecule has 0 spiro atoms. The first-order valence-electron chi connectivity index (χ1n) is 7.25. The highest BCUT2D eigenvalue weighted by Gasteiger charge is 2.16. The van der Waals surface area contributed by atoms with Gasteiger partial charge in [-0.05, 0) is 31.5 Å². The molecule has 0 amide bonds. The average Bonchev–Trinajstić information content (AvgIpc) is 2.93. The van der Waals surface area contributed by atoms with Crippen molar-refractivity contribution in [2.75, 3.05) is 14.2 Å². The Balaban J connectivity index is 0.00000242. The van der Waals surface area contributed by atoms with Gasteiger partial charge in [-0.15, -0.1) is 12.4 Å². The molecule has 2 rings (SSSR count). The van der Waals surface area contributed by atoms with Gasteiger partial charge in [-0.25, -0.2) is 0 Å². The maximum atomic E-state index is 5.40. The van der Waals surface area contributed by atoms with E-state index in [0.717, 1.165) is 23.6 Å². The lowest BCUT2D eigenvalue weighted by atomic mass is 9.97. The van der Waals surface area contributed by atoms with Crippen LogP contribution in [-0.2, 0) is 12.8 Å². The van der Waals surface area contributed by atoms with E-state index in [1.165, 1.54) is 0 Å². The predicted molar refractivity (Wildman–Crippen MR) is 88.9 cm³/mol. The van der Waals surface area contributed by atoms with Crippen LogP contribution in [0.1, 0.15) is 37.0 Å². The van der Waals surface area contributed by atoms with Gasteiger partial charge >= 0.3 is 0 Å². The van der Waals surface area contributed by atoms with Crippen molar-refractivity contribution >= 4 is 12.4 Å². The number of nitrogens with zero attached hydrogens (tertiary/aromatic N) is 2. The number of hydrogen-bond donors (Lipinski definition) is 1. The smallest absolute Gasteiger partial charge is 0.227 e. The molecule has 0 saturated heterocycles. The van der Waals surface area contributed by atoms with Crippen LogP contribution in [-0.4, -0.2) is 30.3 Å². The standard InChI is InChI=1S/C16H23N3O2.ClH/c1-11(13-7-5-6-8-14(13)20-4)9-16-18-15(19-21-16)10-12(2)17-3;/h5-8,11-12,17H,9-10H2,1-4H3;1H. The molecule has 0 aliphatic heterocycles. The minimum absolute atomic E-state index is 0. The summed E-state index contributed by atoms with van der Waals surface area (Å²) in [5.41, 5.74) is 1.16. The van der Waals surface area contributed by atoms with E-state index in [0.29, 0.717) is 18.4 Å². The fourth-order valence-corrected chi connectivity index (χ4v) is 2.28. The van der Waals surface area contributed by atoms with Crippen molar-refractivity contribution in [3.8, 4) is 5.75 Å². The lowest BCUT2D eigenvalue weighted by Crippen LogP contribution is -2.24. The van der Waals surface area contributed by atoms with Gasteiger partial charge < -0.3 is 14.6 Å². The van der Waals surface area contributed by atoms with Crippen LogP contribution >= 0.6 is 12.4 Å². The zero-order chi connectivity index (χ0) is 15.2. The summed E-state index contributed by atoms with van der Waals surface area (Å²) < 4.78 is 10.7. The van der Waals surface area contributed by atoms with E-state index in [1.54, 1.807) is 7.11 Å². The van der Waals surface area contributed by atoms with Gasteiger partial charge in [0.2, 0.25) is 5.89 Å². The molecule has 122 valence electrons. The molecule has 1 heterocycles. The van der Waals surface area contributed by atoms with E-state index in [1.807, 2.05) is 25.2 Å². The number of nitrogens with one attached hydrogen (secondary N) is 1. The Morgan fingerprint density at radius 2 is 1.95 bits per heavy atom. The summed E-state index contributed by atoms with van der Waals surface area (Å²) in [5, 5.41) is 7.20. The van der Waals surface area contributed by atoms with Crippen molar-refractivity contribution in [3.63, 3.8) is 0 Å². The molecule has 6 heteroatoms. The number of methoxy groups -OCH3 is 1. The van der Waals surface area contributed by atoms with Crippen LogP contribution in [0, 0.1) is 0 Å². The Morgan fingerprint density at radius 1 is 1.23 bits per heavy atom. The third-order valence-electron chi connectivity index (χ3n) is 3.64. The van der Waals surface area contributed by atoms with Gasteiger partial charge in [0.15, 0.2) is 5.82 Å². The Labute approximate surface area is 137 Å². The van der Waals surface area contributed by atoms with Gasteiger partial charge in [0.05, 0.1) is 7.11 Å². The summed E-state index contributed by atoms with van der Waals surface area (Å²) in [6, 6.07) is 8.37. The maximum Gasteiger partial charge on any atom is 0.227 e. The number of halogens is 1. The summed E-state index contributed by atoms with van der Waals surface area (Å²) >= 11 is 0. The molecule has 22 heavy (non-hydrogen) atoms. The fraction of sp³-hybridized carbons (Fsp3) is 0.500. The number of aromatic nitrogens is 2. The SMILES string of the molecule is CNC(C)Cc1noc(CC(C)c2ccccc2OC)n1.Cl. The molecule has 2 atom stereocenters. The molecule has 2 aromatic rings. The van der Waals surface area contributed by atoms with Crippen molar-refractivity contribution < 1.29 is 9.26 Å². The lowest BCUT2D eigenvalue weighted by Gasteiger charge is -2.13. The number of hydrogen-bond acceptors (Lipinski definition) is 5. The molecule has 1 aromatic heterocycles. The zero-order valence-electron chi connectivity index (χ0n) is 13.5. The Bertz CT molecular complexity index is 574. The number of rotatable bonds is 7. The molecule has 1 aromatic carbocycles. The van der Waals surface area contributed by atoms with Crippen LogP contribution in [0.15, 0.2) is 28.8 Å². The minimum Gasteiger partial charge on any atom is -0.496 e. The third kappa shape index (κ3) is 4.71. The van der Waals surface area contributed by atoms with Gasteiger partial charge in [-0.1, -0.05) is 30.3 Å². The van der Waals surface area contributed by atoms with E-state index in [4.69, 9.17) is 9.26 Å². The fourth-order valence-electron chi connectivity index (χ4n) is 2.28. The highest BCUT2D eigenvalue weighted by atomic mass is 35.5. The van der Waals surface area contributed by atoms with Gasteiger partial charge in [-0.2, -0.15) is 4.98 Å². The van der Waals surface area contributed by atoms with Gasteiger partial charge in [0.1, 0.15) is 5.75 Å². The molecule has 0 saturated carbocycles. The molecule has 0 bridgehead atoms. The second kappa shape index (κ2) is 8.76. The minimum atomic E-state index is 0. The molecule has 2 unspecified atom stereocenters. The number of ether oxygens (including phenoxy) is 1. The summed E-state index contributed by atoms with van der Waals surface area (Å²) in [4.78, 5) is 4.46. The van der Waals surface area contributed by atoms with E-state index in [2.05, 4.69) is 35.4 Å². The van der Waals surface area contributed by atoms with Crippen LogP contribution in [0.5, 0.6) is 5.75 Å². The molecule has 0 aliphatic carbocycles.